The molecule has 1 aliphatic heterocycles. The van der Waals surface area contributed by atoms with Crippen LogP contribution in [0.5, 0.6) is 0 Å². The standard InChI is InChI=1S/C15H25N3O2S/c1-11-7-14(16)12(2)15(8-11)21(19,20)18(4)10-13-5-6-17(3)9-13/h7-8,13H,5-6,9-10,16H2,1-4H3. The Hall–Kier alpha value is -1.11. The summed E-state index contributed by atoms with van der Waals surface area (Å²) in [6, 6.07) is 3.51. The largest absolute Gasteiger partial charge is 0.398 e. The third-order valence-corrected chi connectivity index (χ3v) is 6.19. The van der Waals surface area contributed by atoms with Gasteiger partial charge in [-0.05, 0) is 63.0 Å². The van der Waals surface area contributed by atoms with Crippen LogP contribution in [0.15, 0.2) is 17.0 Å². The van der Waals surface area contributed by atoms with Gasteiger partial charge >= 0.3 is 0 Å². The molecule has 118 valence electrons. The van der Waals surface area contributed by atoms with Crippen molar-refractivity contribution in [1.29, 1.82) is 0 Å². The molecule has 1 unspecified atom stereocenters. The van der Waals surface area contributed by atoms with E-state index in [1.807, 2.05) is 6.92 Å². The van der Waals surface area contributed by atoms with Gasteiger partial charge in [0, 0.05) is 25.8 Å². The zero-order chi connectivity index (χ0) is 15.8. The highest BCUT2D eigenvalue weighted by Crippen LogP contribution is 2.26. The normalized spacial score (nSPS) is 20.3. The number of rotatable bonds is 4. The fourth-order valence-electron chi connectivity index (χ4n) is 2.93. The fourth-order valence-corrected chi connectivity index (χ4v) is 4.51. The molecular formula is C15H25N3O2S. The van der Waals surface area contributed by atoms with E-state index in [4.69, 9.17) is 5.73 Å². The Morgan fingerprint density at radius 3 is 2.62 bits per heavy atom. The summed E-state index contributed by atoms with van der Waals surface area (Å²) in [7, 11) is 0.243. The number of aryl methyl sites for hydroxylation is 1. The number of benzene rings is 1. The van der Waals surface area contributed by atoms with Gasteiger partial charge in [0.05, 0.1) is 4.90 Å². The molecule has 1 saturated heterocycles. The van der Waals surface area contributed by atoms with Crippen LogP contribution in [0.2, 0.25) is 0 Å². The maximum atomic E-state index is 12.8. The van der Waals surface area contributed by atoms with Gasteiger partial charge in [-0.2, -0.15) is 0 Å². The monoisotopic (exact) mass is 311 g/mol. The van der Waals surface area contributed by atoms with Crippen LogP contribution in [-0.2, 0) is 10.0 Å². The SMILES string of the molecule is Cc1cc(N)c(C)c(S(=O)(=O)N(C)CC2CCN(C)C2)c1. The first kappa shape index (κ1) is 16.3. The van der Waals surface area contributed by atoms with E-state index in [1.165, 1.54) is 4.31 Å². The summed E-state index contributed by atoms with van der Waals surface area (Å²) in [4.78, 5) is 2.56. The number of sulfonamides is 1. The molecule has 0 bridgehead atoms. The van der Waals surface area contributed by atoms with Gasteiger partial charge in [0.1, 0.15) is 0 Å². The van der Waals surface area contributed by atoms with E-state index >= 15 is 0 Å². The Morgan fingerprint density at radius 2 is 2.05 bits per heavy atom. The Bertz CT molecular complexity index is 628. The highest BCUT2D eigenvalue weighted by Gasteiger charge is 2.28. The number of hydrogen-bond donors (Lipinski definition) is 1. The third kappa shape index (κ3) is 3.39. The summed E-state index contributed by atoms with van der Waals surface area (Å²) in [6.07, 6.45) is 1.05. The minimum atomic E-state index is -3.48. The molecule has 5 nitrogen and oxygen atoms in total. The predicted octanol–water partition coefficient (Wildman–Crippen LogP) is 1.46. The van der Waals surface area contributed by atoms with Crippen LogP contribution in [0.25, 0.3) is 0 Å². The lowest BCUT2D eigenvalue weighted by atomic mass is 10.1. The molecule has 1 atom stereocenters. The van der Waals surface area contributed by atoms with Gasteiger partial charge in [0.2, 0.25) is 10.0 Å². The number of nitrogens with two attached hydrogens (primary N) is 1. The second kappa shape index (κ2) is 5.94. The summed E-state index contributed by atoms with van der Waals surface area (Å²) in [5.41, 5.74) is 7.94. The van der Waals surface area contributed by atoms with Crippen molar-refractivity contribution in [3.8, 4) is 0 Å². The van der Waals surface area contributed by atoms with Crippen molar-refractivity contribution in [2.45, 2.75) is 25.2 Å². The molecule has 0 amide bonds. The molecule has 21 heavy (non-hydrogen) atoms. The highest BCUT2D eigenvalue weighted by molar-refractivity contribution is 7.89. The maximum Gasteiger partial charge on any atom is 0.243 e. The lowest BCUT2D eigenvalue weighted by Crippen LogP contribution is -2.33. The van der Waals surface area contributed by atoms with E-state index in [-0.39, 0.29) is 0 Å². The molecule has 0 spiro atoms. The summed E-state index contributed by atoms with van der Waals surface area (Å²) in [6.45, 7) is 6.17. The van der Waals surface area contributed by atoms with Crippen LogP contribution >= 0.6 is 0 Å². The van der Waals surface area contributed by atoms with E-state index in [0.29, 0.717) is 28.6 Å². The smallest absolute Gasteiger partial charge is 0.243 e. The molecule has 2 rings (SSSR count). The van der Waals surface area contributed by atoms with Crippen molar-refractivity contribution in [1.82, 2.24) is 9.21 Å². The van der Waals surface area contributed by atoms with Crippen LogP contribution < -0.4 is 5.73 Å². The number of nitrogen functional groups attached to an aromatic ring is 1. The number of anilines is 1. The summed E-state index contributed by atoms with van der Waals surface area (Å²) < 4.78 is 27.0. The molecule has 1 fully saturated rings. The van der Waals surface area contributed by atoms with E-state index in [2.05, 4.69) is 11.9 Å². The Kier molecular flexibility index (Phi) is 4.60. The summed E-state index contributed by atoms with van der Waals surface area (Å²) in [5.74, 6) is 0.400. The number of hydrogen-bond acceptors (Lipinski definition) is 4. The van der Waals surface area contributed by atoms with Gasteiger partial charge < -0.3 is 10.6 Å². The maximum absolute atomic E-state index is 12.8. The molecule has 1 aromatic rings. The van der Waals surface area contributed by atoms with Crippen molar-refractivity contribution >= 4 is 15.7 Å². The topological polar surface area (TPSA) is 66.6 Å². The zero-order valence-corrected chi connectivity index (χ0v) is 14.1. The first-order valence-electron chi connectivity index (χ1n) is 7.23. The molecule has 2 N–H and O–H groups in total. The third-order valence-electron chi connectivity index (χ3n) is 4.24. The van der Waals surface area contributed by atoms with Gasteiger partial charge in [-0.25, -0.2) is 12.7 Å². The Morgan fingerprint density at radius 1 is 1.38 bits per heavy atom. The molecule has 0 aromatic heterocycles. The van der Waals surface area contributed by atoms with Crippen molar-refractivity contribution in [2.24, 2.45) is 5.92 Å². The van der Waals surface area contributed by atoms with Crippen molar-refractivity contribution in [3.05, 3.63) is 23.3 Å². The Labute approximate surface area is 127 Å². The average Bonchev–Trinajstić information content (AvgIpc) is 2.79. The summed E-state index contributed by atoms with van der Waals surface area (Å²) >= 11 is 0. The second-order valence-corrected chi connectivity index (χ2v) is 8.19. The van der Waals surface area contributed by atoms with Crippen LogP contribution in [0.4, 0.5) is 5.69 Å². The second-order valence-electron chi connectivity index (χ2n) is 6.18. The molecule has 1 aromatic carbocycles. The minimum absolute atomic E-state index is 0.328. The Balaban J connectivity index is 2.25. The van der Waals surface area contributed by atoms with E-state index in [9.17, 15) is 8.42 Å². The summed E-state index contributed by atoms with van der Waals surface area (Å²) in [5, 5.41) is 0. The minimum Gasteiger partial charge on any atom is -0.398 e. The quantitative estimate of drug-likeness (QED) is 0.855. The van der Waals surface area contributed by atoms with E-state index < -0.39 is 10.0 Å². The van der Waals surface area contributed by atoms with Crippen LogP contribution in [-0.4, -0.2) is 51.4 Å². The molecule has 1 aliphatic rings. The van der Waals surface area contributed by atoms with Crippen LogP contribution in [0, 0.1) is 19.8 Å². The molecule has 1 heterocycles. The van der Waals surface area contributed by atoms with Gasteiger partial charge in [-0.1, -0.05) is 0 Å². The molecule has 0 aliphatic carbocycles. The van der Waals surface area contributed by atoms with Gasteiger partial charge in [0.15, 0.2) is 0 Å². The number of nitrogens with zero attached hydrogens (tertiary/aromatic N) is 2. The van der Waals surface area contributed by atoms with Gasteiger partial charge in [-0.3, -0.25) is 0 Å². The number of likely N-dealkylation sites (tertiary alicyclic amines) is 1. The van der Waals surface area contributed by atoms with Crippen molar-refractivity contribution in [3.63, 3.8) is 0 Å². The predicted molar refractivity (Wildman–Crippen MR) is 85.7 cm³/mol. The van der Waals surface area contributed by atoms with E-state index in [0.717, 1.165) is 25.1 Å². The first-order valence-corrected chi connectivity index (χ1v) is 8.67. The lowest BCUT2D eigenvalue weighted by molar-refractivity contribution is 0.356. The van der Waals surface area contributed by atoms with Crippen LogP contribution in [0.1, 0.15) is 17.5 Å². The molecule has 0 radical (unpaired) electrons. The van der Waals surface area contributed by atoms with E-state index in [1.54, 1.807) is 26.1 Å². The van der Waals surface area contributed by atoms with Crippen LogP contribution in [0.3, 0.4) is 0 Å². The zero-order valence-electron chi connectivity index (χ0n) is 13.3. The van der Waals surface area contributed by atoms with Gasteiger partial charge in [-0.15, -0.1) is 0 Å². The molecule has 6 heteroatoms. The molecule has 0 saturated carbocycles. The average molecular weight is 311 g/mol. The fraction of sp³-hybridized carbons (Fsp3) is 0.600. The van der Waals surface area contributed by atoms with Crippen molar-refractivity contribution in [2.75, 3.05) is 39.5 Å². The van der Waals surface area contributed by atoms with Crippen molar-refractivity contribution < 1.29 is 8.42 Å². The molecular weight excluding hydrogens is 286 g/mol. The highest BCUT2D eigenvalue weighted by atomic mass is 32.2. The first-order chi connectivity index (χ1) is 9.71. The lowest BCUT2D eigenvalue weighted by Gasteiger charge is -2.22. The van der Waals surface area contributed by atoms with Gasteiger partial charge in [0.25, 0.3) is 0 Å².